The van der Waals surface area contributed by atoms with Crippen LogP contribution in [0.25, 0.3) is 16.3 Å². The molecule has 0 fully saturated rings. The predicted octanol–water partition coefficient (Wildman–Crippen LogP) is 5.40. The number of rotatable bonds is 6. The van der Waals surface area contributed by atoms with E-state index in [9.17, 15) is 4.79 Å². The van der Waals surface area contributed by atoms with E-state index >= 15 is 0 Å². The Labute approximate surface area is 166 Å². The molecule has 1 aromatic heterocycles. The maximum atomic E-state index is 12.2. The second kappa shape index (κ2) is 8.41. The van der Waals surface area contributed by atoms with Crippen molar-refractivity contribution in [3.63, 3.8) is 0 Å². The third-order valence-electron chi connectivity index (χ3n) is 3.56. The normalized spacial score (nSPS) is 11.3. The Bertz CT molecular complexity index is 965. The molecule has 3 rings (SSSR count). The number of halogens is 1. The molecule has 0 saturated heterocycles. The highest BCUT2D eigenvalue weighted by Gasteiger charge is 2.13. The minimum absolute atomic E-state index is 0.0302. The maximum absolute atomic E-state index is 12.2. The lowest BCUT2D eigenvalue weighted by atomic mass is 10.2. The van der Waals surface area contributed by atoms with Crippen molar-refractivity contribution in [2.75, 3.05) is 12.4 Å². The van der Waals surface area contributed by atoms with Crippen LogP contribution < -0.4 is 14.8 Å². The van der Waals surface area contributed by atoms with Crippen LogP contribution >= 0.6 is 22.9 Å². The fourth-order valence-corrected chi connectivity index (χ4v) is 3.56. The van der Waals surface area contributed by atoms with E-state index in [4.69, 9.17) is 21.1 Å². The van der Waals surface area contributed by atoms with Gasteiger partial charge in [-0.15, -0.1) is 0 Å². The van der Waals surface area contributed by atoms with Crippen molar-refractivity contribution in [2.45, 2.75) is 20.0 Å². The van der Waals surface area contributed by atoms with Crippen molar-refractivity contribution in [2.24, 2.45) is 0 Å². The lowest BCUT2D eigenvalue weighted by Gasteiger charge is -2.15. The van der Waals surface area contributed by atoms with Crippen molar-refractivity contribution < 1.29 is 14.3 Å². The number of hydrogen-bond acceptors (Lipinski definition) is 5. The molecule has 1 amide bonds. The van der Waals surface area contributed by atoms with Gasteiger partial charge < -0.3 is 9.47 Å². The van der Waals surface area contributed by atoms with Crippen molar-refractivity contribution >= 4 is 50.3 Å². The number of aromatic nitrogens is 1. The van der Waals surface area contributed by atoms with Crippen molar-refractivity contribution in [1.82, 2.24) is 4.98 Å². The Morgan fingerprint density at radius 3 is 2.78 bits per heavy atom. The number of amides is 1. The van der Waals surface area contributed by atoms with Crippen molar-refractivity contribution in [3.05, 3.63) is 53.1 Å². The van der Waals surface area contributed by atoms with Crippen LogP contribution in [0.4, 0.5) is 5.13 Å². The Morgan fingerprint density at radius 1 is 1.30 bits per heavy atom. The quantitative estimate of drug-likeness (QED) is 0.561. The number of benzene rings is 2. The smallest absolute Gasteiger partial charge is 0.250 e. The van der Waals surface area contributed by atoms with Crippen LogP contribution in [0.5, 0.6) is 11.5 Å². The zero-order chi connectivity index (χ0) is 19.4. The standard InChI is InChI=1S/C20H19ClN2O3S/c1-12(2)26-19-14(21)10-13(11-16(19)25-3)8-9-18(24)23-20-22-15-6-4-5-7-17(15)27-20/h4-12H,1-3H3,(H,22,23,24)/b9-8+. The zero-order valence-corrected chi connectivity index (χ0v) is 16.7. The van der Waals surface area contributed by atoms with E-state index < -0.39 is 0 Å². The van der Waals surface area contributed by atoms with Gasteiger partial charge in [-0.3, -0.25) is 10.1 Å². The first-order valence-electron chi connectivity index (χ1n) is 8.35. The predicted molar refractivity (Wildman–Crippen MR) is 111 cm³/mol. The molecule has 0 aliphatic heterocycles. The second-order valence-electron chi connectivity index (χ2n) is 6.01. The number of para-hydroxylation sites is 1. The van der Waals surface area contributed by atoms with Crippen LogP contribution in [0, 0.1) is 0 Å². The Kier molecular flexibility index (Phi) is 5.98. The first-order valence-corrected chi connectivity index (χ1v) is 9.54. The SMILES string of the molecule is COc1cc(/C=C/C(=O)Nc2nc3ccccc3s2)cc(Cl)c1OC(C)C. The molecule has 1 heterocycles. The Morgan fingerprint density at radius 2 is 2.07 bits per heavy atom. The van der Waals surface area contributed by atoms with Gasteiger partial charge in [-0.2, -0.15) is 0 Å². The number of hydrogen-bond donors (Lipinski definition) is 1. The number of nitrogens with one attached hydrogen (secondary N) is 1. The molecular weight excluding hydrogens is 384 g/mol. The van der Waals surface area contributed by atoms with E-state index in [0.29, 0.717) is 21.7 Å². The molecule has 140 valence electrons. The third kappa shape index (κ3) is 4.78. The Balaban J connectivity index is 1.74. The number of nitrogens with zero attached hydrogens (tertiary/aromatic N) is 1. The van der Waals surface area contributed by atoms with E-state index in [-0.39, 0.29) is 12.0 Å². The molecular formula is C20H19ClN2O3S. The van der Waals surface area contributed by atoms with E-state index in [1.807, 2.05) is 38.1 Å². The molecule has 7 heteroatoms. The molecule has 2 aromatic carbocycles. The van der Waals surface area contributed by atoms with Gasteiger partial charge >= 0.3 is 0 Å². The minimum atomic E-state index is -0.272. The summed E-state index contributed by atoms with van der Waals surface area (Å²) in [5, 5.41) is 3.76. The molecule has 0 aliphatic rings. The highest BCUT2D eigenvalue weighted by Crippen LogP contribution is 2.37. The molecule has 0 spiro atoms. The molecule has 27 heavy (non-hydrogen) atoms. The number of carbonyl (C=O) groups excluding carboxylic acids is 1. The first kappa shape index (κ1) is 19.2. The van der Waals surface area contributed by atoms with Gasteiger partial charge in [0.25, 0.3) is 0 Å². The van der Waals surface area contributed by atoms with Crippen LogP contribution in [0.1, 0.15) is 19.4 Å². The highest BCUT2D eigenvalue weighted by molar-refractivity contribution is 7.22. The summed E-state index contributed by atoms with van der Waals surface area (Å²) in [7, 11) is 1.55. The van der Waals surface area contributed by atoms with Crippen LogP contribution in [0.3, 0.4) is 0 Å². The summed E-state index contributed by atoms with van der Waals surface area (Å²) >= 11 is 7.73. The monoisotopic (exact) mass is 402 g/mol. The summed E-state index contributed by atoms with van der Waals surface area (Å²) in [6, 6.07) is 11.2. The molecule has 0 atom stereocenters. The lowest BCUT2D eigenvalue weighted by molar-refractivity contribution is -0.111. The molecule has 3 aromatic rings. The zero-order valence-electron chi connectivity index (χ0n) is 15.2. The van der Waals surface area contributed by atoms with Crippen molar-refractivity contribution in [1.29, 1.82) is 0 Å². The van der Waals surface area contributed by atoms with Gasteiger partial charge in [0.2, 0.25) is 5.91 Å². The summed E-state index contributed by atoms with van der Waals surface area (Å²) in [6.07, 6.45) is 3.06. The molecule has 5 nitrogen and oxygen atoms in total. The van der Waals surface area contributed by atoms with E-state index in [2.05, 4.69) is 10.3 Å². The summed E-state index contributed by atoms with van der Waals surface area (Å²) in [5.74, 6) is 0.735. The molecule has 1 N–H and O–H groups in total. The fraction of sp³-hybridized carbons (Fsp3) is 0.200. The summed E-state index contributed by atoms with van der Waals surface area (Å²) in [5.41, 5.74) is 1.59. The van der Waals surface area contributed by atoms with Crippen LogP contribution in [-0.2, 0) is 4.79 Å². The number of fused-ring (bicyclic) bond motifs is 1. The van der Waals surface area contributed by atoms with Gasteiger partial charge in [0.05, 0.1) is 28.5 Å². The van der Waals surface area contributed by atoms with Gasteiger partial charge in [0.15, 0.2) is 16.6 Å². The van der Waals surface area contributed by atoms with E-state index in [1.165, 1.54) is 17.4 Å². The number of methoxy groups -OCH3 is 1. The molecule has 0 bridgehead atoms. The largest absolute Gasteiger partial charge is 0.493 e. The number of ether oxygens (including phenoxy) is 2. The molecule has 0 aliphatic carbocycles. The van der Waals surface area contributed by atoms with E-state index in [1.54, 1.807) is 25.3 Å². The molecule has 0 unspecified atom stereocenters. The van der Waals surface area contributed by atoms with Gasteiger partial charge in [0, 0.05) is 6.08 Å². The van der Waals surface area contributed by atoms with Gasteiger partial charge in [-0.25, -0.2) is 4.98 Å². The van der Waals surface area contributed by atoms with E-state index in [0.717, 1.165) is 15.8 Å². The van der Waals surface area contributed by atoms with Crippen molar-refractivity contribution in [3.8, 4) is 11.5 Å². The number of thiazole rings is 1. The average Bonchev–Trinajstić information content (AvgIpc) is 3.03. The number of carbonyl (C=O) groups is 1. The Hall–Kier alpha value is -2.57. The minimum Gasteiger partial charge on any atom is -0.493 e. The summed E-state index contributed by atoms with van der Waals surface area (Å²) < 4.78 is 12.1. The highest BCUT2D eigenvalue weighted by atomic mass is 35.5. The average molecular weight is 403 g/mol. The van der Waals surface area contributed by atoms with Gasteiger partial charge in [-0.05, 0) is 49.8 Å². The topological polar surface area (TPSA) is 60.5 Å². The van der Waals surface area contributed by atoms with Crippen LogP contribution in [0.2, 0.25) is 5.02 Å². The third-order valence-corrected chi connectivity index (χ3v) is 4.79. The van der Waals surface area contributed by atoms with Gasteiger partial charge in [0.1, 0.15) is 0 Å². The maximum Gasteiger partial charge on any atom is 0.250 e. The fourth-order valence-electron chi connectivity index (χ4n) is 2.43. The molecule has 0 radical (unpaired) electrons. The van der Waals surface area contributed by atoms with Crippen LogP contribution in [-0.4, -0.2) is 24.1 Å². The lowest BCUT2D eigenvalue weighted by Crippen LogP contribution is -2.08. The number of anilines is 1. The summed E-state index contributed by atoms with van der Waals surface area (Å²) in [6.45, 7) is 3.83. The van der Waals surface area contributed by atoms with Gasteiger partial charge in [-0.1, -0.05) is 35.1 Å². The van der Waals surface area contributed by atoms with Crippen LogP contribution in [0.15, 0.2) is 42.5 Å². The molecule has 0 saturated carbocycles. The summed E-state index contributed by atoms with van der Waals surface area (Å²) in [4.78, 5) is 16.6. The second-order valence-corrected chi connectivity index (χ2v) is 7.45. The first-order chi connectivity index (χ1) is 13.0.